The molecular formula is C38H47N4O6+. The highest BCUT2D eigenvalue weighted by atomic mass is 16.6. The first-order valence-electron chi connectivity index (χ1n) is 16.9. The molecule has 48 heavy (non-hydrogen) atoms. The fourth-order valence-electron chi connectivity index (χ4n) is 6.40. The summed E-state index contributed by atoms with van der Waals surface area (Å²) >= 11 is 0. The van der Waals surface area contributed by atoms with Crippen LogP contribution in [0.2, 0.25) is 0 Å². The van der Waals surface area contributed by atoms with Gasteiger partial charge in [0.05, 0.1) is 11.6 Å². The van der Waals surface area contributed by atoms with E-state index in [1.165, 1.54) is 6.07 Å². The van der Waals surface area contributed by atoms with Crippen molar-refractivity contribution in [2.24, 2.45) is 0 Å². The van der Waals surface area contributed by atoms with Crippen LogP contribution in [0.3, 0.4) is 0 Å². The third kappa shape index (κ3) is 7.02. The molecule has 0 aromatic heterocycles. The summed E-state index contributed by atoms with van der Waals surface area (Å²) in [5, 5.41) is 12.2. The average molecular weight is 656 g/mol. The summed E-state index contributed by atoms with van der Waals surface area (Å²) in [7, 11) is 0. The number of benzene rings is 3. The Morgan fingerprint density at radius 2 is 1.52 bits per heavy atom. The lowest BCUT2D eigenvalue weighted by atomic mass is 9.89. The number of carboxylic acids is 1. The Kier molecular flexibility index (Phi) is 10.1. The van der Waals surface area contributed by atoms with Gasteiger partial charge in [-0.2, -0.15) is 0 Å². The normalized spacial score (nSPS) is 13.6. The second-order valence-corrected chi connectivity index (χ2v) is 13.0. The molecule has 2 aliphatic heterocycles. The van der Waals surface area contributed by atoms with E-state index >= 15 is 0 Å². The number of nitrogens with zero attached hydrogens (tertiary/aromatic N) is 4. The fraction of sp³-hybridized carbons (Fsp3) is 0.421. The van der Waals surface area contributed by atoms with Crippen LogP contribution in [0.1, 0.15) is 69.2 Å². The molecule has 1 aliphatic carbocycles. The number of fused-ring (bicyclic) bond motifs is 2. The van der Waals surface area contributed by atoms with Gasteiger partial charge in [-0.25, -0.2) is 14.2 Å². The zero-order chi connectivity index (χ0) is 34.7. The minimum Gasteiger partial charge on any atom is -0.478 e. The third-order valence-corrected chi connectivity index (χ3v) is 8.93. The predicted molar refractivity (Wildman–Crippen MR) is 189 cm³/mol. The van der Waals surface area contributed by atoms with Gasteiger partial charge in [0.25, 0.3) is 5.91 Å². The Bertz CT molecular complexity index is 1870. The Hall–Kier alpha value is -4.86. The average Bonchev–Trinajstić information content (AvgIpc) is 3.06. The number of carboxylic acid groups (broad SMARTS) is 1. The molecule has 0 atom stereocenters. The monoisotopic (exact) mass is 655 g/mol. The molecule has 2 heterocycles. The third-order valence-electron chi connectivity index (χ3n) is 8.93. The van der Waals surface area contributed by atoms with Crippen LogP contribution in [0.4, 0.5) is 10.5 Å². The molecule has 1 N–H and O–H groups in total. The van der Waals surface area contributed by atoms with Crippen LogP contribution in [0.5, 0.6) is 0 Å². The van der Waals surface area contributed by atoms with E-state index in [0.29, 0.717) is 54.2 Å². The molecule has 1 saturated heterocycles. The number of carbonyl (C=O) groups is 3. The molecule has 3 aliphatic rings. The zero-order valence-electron chi connectivity index (χ0n) is 29.1. The highest BCUT2D eigenvalue weighted by molar-refractivity contribution is 6.09. The smallest absolute Gasteiger partial charge is 0.410 e. The largest absolute Gasteiger partial charge is 0.478 e. The van der Waals surface area contributed by atoms with Crippen molar-refractivity contribution in [1.82, 2.24) is 14.4 Å². The lowest BCUT2D eigenvalue weighted by molar-refractivity contribution is 0.0141. The number of anilines is 1. The van der Waals surface area contributed by atoms with Gasteiger partial charge < -0.3 is 29.0 Å². The van der Waals surface area contributed by atoms with Gasteiger partial charge in [0, 0.05) is 79.2 Å². The minimum atomic E-state index is -1.09. The number of rotatable bonds is 8. The molecule has 10 heteroatoms. The van der Waals surface area contributed by atoms with Crippen LogP contribution in [-0.2, 0) is 4.74 Å². The van der Waals surface area contributed by atoms with E-state index in [2.05, 4.69) is 37.2 Å². The van der Waals surface area contributed by atoms with Crippen molar-refractivity contribution in [3.05, 3.63) is 71.1 Å². The molecule has 0 spiro atoms. The first-order valence-corrected chi connectivity index (χ1v) is 16.9. The number of hydrogen-bond donors (Lipinski definition) is 1. The second-order valence-electron chi connectivity index (χ2n) is 13.0. The molecule has 0 saturated carbocycles. The maximum atomic E-state index is 13.9. The quantitative estimate of drug-likeness (QED) is 0.177. The molecule has 2 aromatic carbocycles. The summed E-state index contributed by atoms with van der Waals surface area (Å²) in [6.45, 7) is 18.6. The molecule has 254 valence electrons. The highest BCUT2D eigenvalue weighted by Gasteiger charge is 2.30. The second kappa shape index (κ2) is 14.1. The molecule has 10 nitrogen and oxygen atoms in total. The number of ether oxygens (including phenoxy) is 1. The first kappa shape index (κ1) is 34.5. The van der Waals surface area contributed by atoms with Gasteiger partial charge in [-0.1, -0.05) is 0 Å². The summed E-state index contributed by atoms with van der Waals surface area (Å²) < 4.78 is 14.3. The highest BCUT2D eigenvalue weighted by Crippen LogP contribution is 2.42. The molecule has 2 aromatic rings. The van der Waals surface area contributed by atoms with Crippen molar-refractivity contribution in [3.63, 3.8) is 0 Å². The zero-order valence-corrected chi connectivity index (χ0v) is 29.1. The summed E-state index contributed by atoms with van der Waals surface area (Å²) in [5.74, 6) is -0.680. The van der Waals surface area contributed by atoms with E-state index in [-0.39, 0.29) is 11.5 Å². The molecule has 1 fully saturated rings. The predicted octanol–water partition coefficient (Wildman–Crippen LogP) is 6.25. The number of aromatic carboxylic acids is 1. The van der Waals surface area contributed by atoms with Crippen LogP contribution in [-0.4, -0.2) is 90.8 Å². The van der Waals surface area contributed by atoms with Gasteiger partial charge in [-0.3, -0.25) is 4.79 Å². The number of piperazine rings is 1. The standard InChI is InChI=1S/C38H46N4O6/c1-8-39(9-2)26-13-16-29-32(23-26)47-33-24-27(40(10-3)11-4)14-17-30(33)34(29)31-22-25(12-15-28(31)36(44)45)35(43)41-18-20-42(21-19-41)37(46)48-38(5,6)7/h12-17,22-24H,8-11,18-21H2,1-7H3/p+1. The molecule has 0 unspecified atom stereocenters. The Balaban J connectivity index is 1.64. The number of hydrogen-bond acceptors (Lipinski definition) is 6. The van der Waals surface area contributed by atoms with E-state index in [1.807, 2.05) is 57.2 Å². The van der Waals surface area contributed by atoms with Gasteiger partial charge in [0.1, 0.15) is 30.0 Å². The van der Waals surface area contributed by atoms with Crippen LogP contribution in [0, 0.1) is 0 Å². The van der Waals surface area contributed by atoms with Crippen LogP contribution in [0.25, 0.3) is 33.4 Å². The van der Waals surface area contributed by atoms with Gasteiger partial charge in [0.2, 0.25) is 5.36 Å². The van der Waals surface area contributed by atoms with E-state index in [4.69, 9.17) is 9.15 Å². The minimum absolute atomic E-state index is 0.0933. The van der Waals surface area contributed by atoms with Crippen LogP contribution in [0.15, 0.2) is 59.0 Å². The van der Waals surface area contributed by atoms with E-state index in [0.717, 1.165) is 48.2 Å². The van der Waals surface area contributed by atoms with Crippen LogP contribution >= 0.6 is 0 Å². The van der Waals surface area contributed by atoms with Crippen molar-refractivity contribution in [1.29, 1.82) is 0 Å². The van der Waals surface area contributed by atoms with Crippen LogP contribution < -0.4 is 14.8 Å². The lowest BCUT2D eigenvalue weighted by Crippen LogP contribution is -2.51. The SMILES string of the molecule is CCN(CC)c1ccc2c(-c3cc(C(=O)N4CCN(C(=O)OC(C)(C)C)CC4)ccc3C(=O)O)c3ccc(=[N+](CC)CC)cc-3oc2c1. The number of carbonyl (C=O) groups excluding carboxylic acids is 2. The number of amides is 2. The van der Waals surface area contributed by atoms with E-state index in [9.17, 15) is 19.5 Å². The maximum Gasteiger partial charge on any atom is 0.410 e. The van der Waals surface area contributed by atoms with Gasteiger partial charge in [-0.15, -0.1) is 0 Å². The Morgan fingerprint density at radius 3 is 2.12 bits per heavy atom. The van der Waals surface area contributed by atoms with Gasteiger partial charge >= 0.3 is 12.1 Å². The fourth-order valence-corrected chi connectivity index (χ4v) is 6.40. The van der Waals surface area contributed by atoms with Crippen molar-refractivity contribution in [2.45, 2.75) is 54.1 Å². The summed E-state index contributed by atoms with van der Waals surface area (Å²) in [6.07, 6.45) is -0.399. The Labute approximate surface area is 282 Å². The molecule has 2 amide bonds. The topological polar surface area (TPSA) is 107 Å². The molecule has 5 rings (SSSR count). The molecular weight excluding hydrogens is 608 g/mol. The molecule has 0 bridgehead atoms. The summed E-state index contributed by atoms with van der Waals surface area (Å²) in [6, 6.07) is 16.8. The summed E-state index contributed by atoms with van der Waals surface area (Å²) in [4.78, 5) is 44.7. The van der Waals surface area contributed by atoms with Gasteiger partial charge in [-0.05, 0) is 90.4 Å². The van der Waals surface area contributed by atoms with Gasteiger partial charge in [0.15, 0.2) is 0 Å². The van der Waals surface area contributed by atoms with Crippen molar-refractivity contribution in [3.8, 4) is 22.5 Å². The Morgan fingerprint density at radius 1 is 0.854 bits per heavy atom. The van der Waals surface area contributed by atoms with Crippen molar-refractivity contribution in [2.75, 3.05) is 57.3 Å². The first-order chi connectivity index (χ1) is 22.9. The van der Waals surface area contributed by atoms with E-state index < -0.39 is 17.7 Å². The molecule has 0 radical (unpaired) electrons. The lowest BCUT2D eigenvalue weighted by Gasteiger charge is -2.35. The maximum absolute atomic E-state index is 13.9. The van der Waals surface area contributed by atoms with Crippen molar-refractivity contribution < 1.29 is 28.6 Å². The van der Waals surface area contributed by atoms with E-state index in [1.54, 1.807) is 21.9 Å². The summed E-state index contributed by atoms with van der Waals surface area (Å²) in [5.41, 5.74) is 3.40. The van der Waals surface area contributed by atoms with Crippen molar-refractivity contribution >= 4 is 34.6 Å².